The van der Waals surface area contributed by atoms with Crippen molar-refractivity contribution in [3.8, 4) is 0 Å². The molecule has 72 valence electrons. The van der Waals surface area contributed by atoms with E-state index in [1.165, 1.54) is 10.0 Å². The third-order valence-corrected chi connectivity index (χ3v) is 2.81. The summed E-state index contributed by atoms with van der Waals surface area (Å²) >= 11 is 2.44. The smallest absolute Gasteiger partial charge is 0.0183 e. The molecular formula is C10H20IN. The molecule has 0 amide bonds. The first-order valence-electron chi connectivity index (χ1n) is 4.50. The minimum Gasteiger partial charge on any atom is -0.310 e. The number of halogens is 1. The summed E-state index contributed by atoms with van der Waals surface area (Å²) in [5, 5.41) is 3.52. The molecule has 0 rings (SSSR count). The number of hydrogen-bond donors (Lipinski definition) is 1. The largest absolute Gasteiger partial charge is 0.310 e. The summed E-state index contributed by atoms with van der Waals surface area (Å²) in [5.74, 6) is 0.729. The topological polar surface area (TPSA) is 12.0 Å². The van der Waals surface area contributed by atoms with Gasteiger partial charge in [-0.3, -0.25) is 0 Å². The van der Waals surface area contributed by atoms with E-state index in [1.807, 2.05) is 0 Å². The lowest BCUT2D eigenvalue weighted by Gasteiger charge is -2.18. The fraction of sp³-hybridized carbons (Fsp3) is 0.800. The van der Waals surface area contributed by atoms with Crippen LogP contribution in [-0.4, -0.2) is 17.0 Å². The molecular weight excluding hydrogens is 261 g/mol. The van der Waals surface area contributed by atoms with Gasteiger partial charge in [-0.25, -0.2) is 0 Å². The van der Waals surface area contributed by atoms with Crippen LogP contribution >= 0.6 is 22.6 Å². The lowest BCUT2D eigenvalue weighted by molar-refractivity contribution is 0.455. The molecule has 0 aromatic carbocycles. The van der Waals surface area contributed by atoms with Crippen molar-refractivity contribution >= 4 is 22.6 Å². The van der Waals surface area contributed by atoms with Crippen LogP contribution in [0.1, 0.15) is 27.7 Å². The number of allylic oxidation sites excluding steroid dienone is 1. The average molecular weight is 281 g/mol. The predicted octanol–water partition coefficient (Wildman–Crippen LogP) is 3.00. The minimum absolute atomic E-state index is 0.654. The van der Waals surface area contributed by atoms with E-state index in [2.05, 4.69) is 61.7 Å². The van der Waals surface area contributed by atoms with Gasteiger partial charge in [0.05, 0.1) is 0 Å². The maximum Gasteiger partial charge on any atom is 0.0183 e. The van der Waals surface area contributed by atoms with Gasteiger partial charge in [-0.2, -0.15) is 0 Å². The fourth-order valence-corrected chi connectivity index (χ4v) is 2.21. The van der Waals surface area contributed by atoms with Gasteiger partial charge in [0.1, 0.15) is 0 Å². The number of nitrogens with one attached hydrogen (secondary N) is 1. The number of alkyl halides is 1. The zero-order valence-electron chi connectivity index (χ0n) is 8.52. The van der Waals surface area contributed by atoms with E-state index in [9.17, 15) is 0 Å². The summed E-state index contributed by atoms with van der Waals surface area (Å²) in [6.07, 6.45) is 2.24. The molecule has 0 heterocycles. The van der Waals surface area contributed by atoms with Gasteiger partial charge in [-0.15, -0.1) is 0 Å². The molecule has 0 aliphatic rings. The standard InChI is InChI=1S/C10H20IN/c1-8(2)5-6-12-10(7-11)9(3)4/h5,9-10,12H,6-7H2,1-4H3. The highest BCUT2D eigenvalue weighted by Crippen LogP contribution is 2.04. The monoisotopic (exact) mass is 281 g/mol. The second kappa shape index (κ2) is 6.89. The van der Waals surface area contributed by atoms with Gasteiger partial charge >= 0.3 is 0 Å². The summed E-state index contributed by atoms with van der Waals surface area (Å²) < 4.78 is 1.19. The van der Waals surface area contributed by atoms with Crippen LogP contribution in [0.2, 0.25) is 0 Å². The third-order valence-electron chi connectivity index (χ3n) is 1.86. The van der Waals surface area contributed by atoms with Crippen molar-refractivity contribution < 1.29 is 0 Å². The van der Waals surface area contributed by atoms with Crippen LogP contribution in [0, 0.1) is 5.92 Å². The predicted molar refractivity (Wildman–Crippen MR) is 64.9 cm³/mol. The highest BCUT2D eigenvalue weighted by Gasteiger charge is 2.08. The summed E-state index contributed by atoms with van der Waals surface area (Å²) in [5.41, 5.74) is 1.39. The van der Waals surface area contributed by atoms with E-state index in [1.54, 1.807) is 0 Å². The minimum atomic E-state index is 0.654. The quantitative estimate of drug-likeness (QED) is 0.464. The highest BCUT2D eigenvalue weighted by atomic mass is 127. The van der Waals surface area contributed by atoms with Gasteiger partial charge in [0.2, 0.25) is 0 Å². The fourth-order valence-electron chi connectivity index (χ4n) is 0.883. The molecule has 0 radical (unpaired) electrons. The van der Waals surface area contributed by atoms with Gasteiger partial charge in [0, 0.05) is 17.0 Å². The van der Waals surface area contributed by atoms with E-state index in [-0.39, 0.29) is 0 Å². The molecule has 1 unspecified atom stereocenters. The van der Waals surface area contributed by atoms with Crippen molar-refractivity contribution in [1.82, 2.24) is 5.32 Å². The van der Waals surface area contributed by atoms with E-state index >= 15 is 0 Å². The van der Waals surface area contributed by atoms with Crippen LogP contribution < -0.4 is 5.32 Å². The van der Waals surface area contributed by atoms with Crippen molar-refractivity contribution in [2.45, 2.75) is 33.7 Å². The zero-order valence-corrected chi connectivity index (χ0v) is 10.7. The molecule has 0 fully saturated rings. The molecule has 0 aromatic heterocycles. The Morgan fingerprint density at radius 2 is 2.00 bits per heavy atom. The highest BCUT2D eigenvalue weighted by molar-refractivity contribution is 14.1. The Hall–Kier alpha value is 0.430. The molecule has 0 bridgehead atoms. The van der Waals surface area contributed by atoms with Crippen molar-refractivity contribution in [3.05, 3.63) is 11.6 Å². The Balaban J connectivity index is 3.66. The Bertz CT molecular complexity index is 137. The summed E-state index contributed by atoms with van der Waals surface area (Å²) in [6, 6.07) is 0.654. The summed E-state index contributed by atoms with van der Waals surface area (Å²) in [7, 11) is 0. The number of rotatable bonds is 5. The van der Waals surface area contributed by atoms with Crippen LogP contribution in [0.25, 0.3) is 0 Å². The molecule has 2 heteroatoms. The van der Waals surface area contributed by atoms with Crippen molar-refractivity contribution in [2.24, 2.45) is 5.92 Å². The first kappa shape index (κ1) is 12.4. The van der Waals surface area contributed by atoms with Gasteiger partial charge in [-0.1, -0.05) is 48.1 Å². The van der Waals surface area contributed by atoms with Gasteiger partial charge < -0.3 is 5.32 Å². The molecule has 0 aliphatic heterocycles. The second-order valence-electron chi connectivity index (χ2n) is 3.69. The Morgan fingerprint density at radius 1 is 1.42 bits per heavy atom. The first-order chi connectivity index (χ1) is 5.57. The van der Waals surface area contributed by atoms with Crippen molar-refractivity contribution in [3.63, 3.8) is 0 Å². The molecule has 0 aromatic rings. The second-order valence-corrected chi connectivity index (χ2v) is 4.58. The van der Waals surface area contributed by atoms with Gasteiger partial charge in [0.15, 0.2) is 0 Å². The van der Waals surface area contributed by atoms with Crippen LogP contribution in [-0.2, 0) is 0 Å². The first-order valence-corrected chi connectivity index (χ1v) is 6.03. The Labute approximate surface area is 90.1 Å². The molecule has 1 atom stereocenters. The lowest BCUT2D eigenvalue weighted by Crippen LogP contribution is -2.35. The SMILES string of the molecule is CC(C)=CCNC(CI)C(C)C. The number of hydrogen-bond acceptors (Lipinski definition) is 1. The summed E-state index contributed by atoms with van der Waals surface area (Å²) in [4.78, 5) is 0. The van der Waals surface area contributed by atoms with Gasteiger partial charge in [0.25, 0.3) is 0 Å². The van der Waals surface area contributed by atoms with Crippen molar-refractivity contribution in [1.29, 1.82) is 0 Å². The molecule has 1 N–H and O–H groups in total. The average Bonchev–Trinajstić information content (AvgIpc) is 1.96. The molecule has 1 nitrogen and oxygen atoms in total. The van der Waals surface area contributed by atoms with E-state index < -0.39 is 0 Å². The summed E-state index contributed by atoms with van der Waals surface area (Å²) in [6.45, 7) is 9.80. The molecule has 0 saturated heterocycles. The molecule has 0 spiro atoms. The molecule has 0 saturated carbocycles. The van der Waals surface area contributed by atoms with E-state index in [0.717, 1.165) is 12.5 Å². The maximum atomic E-state index is 3.52. The van der Waals surface area contributed by atoms with Crippen LogP contribution in [0.3, 0.4) is 0 Å². The van der Waals surface area contributed by atoms with Gasteiger partial charge in [-0.05, 0) is 19.8 Å². The maximum absolute atomic E-state index is 3.52. The Morgan fingerprint density at radius 3 is 2.33 bits per heavy atom. The lowest BCUT2D eigenvalue weighted by atomic mass is 10.1. The Kier molecular flexibility index (Phi) is 7.14. The van der Waals surface area contributed by atoms with Crippen LogP contribution in [0.5, 0.6) is 0 Å². The van der Waals surface area contributed by atoms with E-state index in [0.29, 0.717) is 6.04 Å². The normalized spacial score (nSPS) is 13.2. The van der Waals surface area contributed by atoms with Crippen LogP contribution in [0.15, 0.2) is 11.6 Å². The molecule has 12 heavy (non-hydrogen) atoms. The van der Waals surface area contributed by atoms with Crippen molar-refractivity contribution in [2.75, 3.05) is 11.0 Å². The molecule has 0 aliphatic carbocycles. The van der Waals surface area contributed by atoms with E-state index in [4.69, 9.17) is 0 Å². The third kappa shape index (κ3) is 6.00. The zero-order chi connectivity index (χ0) is 9.56. The van der Waals surface area contributed by atoms with Crippen LogP contribution in [0.4, 0.5) is 0 Å².